The average Bonchev–Trinajstić information content (AvgIpc) is 2.55. The van der Waals surface area contributed by atoms with E-state index in [2.05, 4.69) is 15.6 Å². The van der Waals surface area contributed by atoms with Crippen LogP contribution in [0.25, 0.3) is 0 Å². The number of amides is 2. The summed E-state index contributed by atoms with van der Waals surface area (Å²) < 4.78 is 5.73. The van der Waals surface area contributed by atoms with Crippen LogP contribution >= 0.6 is 0 Å². The maximum Gasteiger partial charge on any atom is 0.315 e. The van der Waals surface area contributed by atoms with Crippen molar-refractivity contribution in [3.63, 3.8) is 0 Å². The number of rotatable bonds is 3. The average molecular weight is 311 g/mol. The number of pyridine rings is 1. The highest BCUT2D eigenvalue weighted by molar-refractivity contribution is 5.74. The SMILES string of the molecule is Cc1ccncc1CNC(=O)N[C@@H]1CCOc2c(C)cccc21. The molecule has 0 spiro atoms. The van der Waals surface area contributed by atoms with Crippen LogP contribution in [0.1, 0.15) is 34.7 Å². The van der Waals surface area contributed by atoms with Crippen LogP contribution in [0.3, 0.4) is 0 Å². The highest BCUT2D eigenvalue weighted by atomic mass is 16.5. The zero-order valence-corrected chi connectivity index (χ0v) is 13.4. The zero-order chi connectivity index (χ0) is 16.2. The van der Waals surface area contributed by atoms with Crippen LogP contribution in [0.4, 0.5) is 4.79 Å². The molecule has 5 heteroatoms. The van der Waals surface area contributed by atoms with Gasteiger partial charge in [0, 0.05) is 30.9 Å². The molecule has 1 atom stereocenters. The molecule has 0 saturated carbocycles. The third-order valence-electron chi connectivity index (χ3n) is 4.16. The topological polar surface area (TPSA) is 63.2 Å². The fourth-order valence-corrected chi connectivity index (χ4v) is 2.80. The molecule has 0 bridgehead atoms. The van der Waals surface area contributed by atoms with Crippen molar-refractivity contribution in [2.45, 2.75) is 32.9 Å². The lowest BCUT2D eigenvalue weighted by atomic mass is 9.98. The molecule has 5 nitrogen and oxygen atoms in total. The van der Waals surface area contributed by atoms with E-state index in [9.17, 15) is 4.79 Å². The number of hydrogen-bond acceptors (Lipinski definition) is 3. The molecule has 1 aromatic carbocycles. The van der Waals surface area contributed by atoms with E-state index < -0.39 is 0 Å². The van der Waals surface area contributed by atoms with Crippen LogP contribution in [-0.4, -0.2) is 17.6 Å². The van der Waals surface area contributed by atoms with E-state index in [4.69, 9.17) is 4.74 Å². The predicted octanol–water partition coefficient (Wildman–Crippen LogP) is 3.02. The lowest BCUT2D eigenvalue weighted by Crippen LogP contribution is -2.39. The molecule has 0 fully saturated rings. The molecule has 1 aromatic heterocycles. The summed E-state index contributed by atoms with van der Waals surface area (Å²) in [6.07, 6.45) is 4.30. The number of para-hydroxylation sites is 1. The van der Waals surface area contributed by atoms with Crippen molar-refractivity contribution < 1.29 is 9.53 Å². The molecule has 0 saturated heterocycles. The first-order valence-electron chi connectivity index (χ1n) is 7.81. The van der Waals surface area contributed by atoms with Gasteiger partial charge in [0.1, 0.15) is 5.75 Å². The summed E-state index contributed by atoms with van der Waals surface area (Å²) in [4.78, 5) is 16.3. The van der Waals surface area contributed by atoms with Crippen molar-refractivity contribution in [3.8, 4) is 5.75 Å². The molecule has 120 valence electrons. The quantitative estimate of drug-likeness (QED) is 0.916. The van der Waals surface area contributed by atoms with E-state index in [-0.39, 0.29) is 12.1 Å². The lowest BCUT2D eigenvalue weighted by molar-refractivity contribution is 0.222. The maximum atomic E-state index is 12.2. The third-order valence-corrected chi connectivity index (χ3v) is 4.16. The summed E-state index contributed by atoms with van der Waals surface area (Å²) in [7, 11) is 0. The van der Waals surface area contributed by atoms with Gasteiger partial charge in [-0.15, -0.1) is 0 Å². The van der Waals surface area contributed by atoms with Crippen molar-refractivity contribution >= 4 is 6.03 Å². The van der Waals surface area contributed by atoms with Crippen LogP contribution in [0, 0.1) is 13.8 Å². The number of fused-ring (bicyclic) bond motifs is 1. The summed E-state index contributed by atoms with van der Waals surface area (Å²) in [6.45, 7) is 5.11. The summed E-state index contributed by atoms with van der Waals surface area (Å²) >= 11 is 0. The number of carbonyl (C=O) groups is 1. The third kappa shape index (κ3) is 3.44. The molecule has 2 amide bonds. The number of nitrogens with zero attached hydrogens (tertiary/aromatic N) is 1. The van der Waals surface area contributed by atoms with Crippen LogP contribution < -0.4 is 15.4 Å². The summed E-state index contributed by atoms with van der Waals surface area (Å²) in [5.41, 5.74) is 4.28. The molecule has 2 N–H and O–H groups in total. The molecule has 2 heterocycles. The molecular weight excluding hydrogens is 290 g/mol. The Morgan fingerprint density at radius 3 is 3.00 bits per heavy atom. The Balaban J connectivity index is 1.63. The van der Waals surface area contributed by atoms with Gasteiger partial charge < -0.3 is 15.4 Å². The van der Waals surface area contributed by atoms with Gasteiger partial charge in [0.2, 0.25) is 0 Å². The van der Waals surface area contributed by atoms with E-state index in [1.807, 2.05) is 38.1 Å². The van der Waals surface area contributed by atoms with Gasteiger partial charge >= 0.3 is 6.03 Å². The summed E-state index contributed by atoms with van der Waals surface area (Å²) in [5, 5.41) is 5.94. The number of benzene rings is 1. The molecule has 0 unspecified atom stereocenters. The first-order chi connectivity index (χ1) is 11.1. The lowest BCUT2D eigenvalue weighted by Gasteiger charge is -2.28. The second-order valence-corrected chi connectivity index (χ2v) is 5.81. The van der Waals surface area contributed by atoms with E-state index in [0.29, 0.717) is 13.2 Å². The van der Waals surface area contributed by atoms with Crippen LogP contribution in [0.2, 0.25) is 0 Å². The number of hydrogen-bond donors (Lipinski definition) is 2. The van der Waals surface area contributed by atoms with Gasteiger partial charge in [0.15, 0.2) is 0 Å². The van der Waals surface area contributed by atoms with Crippen molar-refractivity contribution in [2.75, 3.05) is 6.61 Å². The van der Waals surface area contributed by atoms with Crippen LogP contribution in [0.15, 0.2) is 36.7 Å². The molecule has 0 aliphatic carbocycles. The molecule has 0 radical (unpaired) electrons. The number of urea groups is 1. The predicted molar refractivity (Wildman–Crippen MR) is 88.4 cm³/mol. The number of carbonyl (C=O) groups excluding carboxylic acids is 1. The Kier molecular flexibility index (Phi) is 4.46. The van der Waals surface area contributed by atoms with Crippen LogP contribution in [-0.2, 0) is 6.54 Å². The van der Waals surface area contributed by atoms with Gasteiger partial charge in [-0.25, -0.2) is 4.79 Å². The first-order valence-corrected chi connectivity index (χ1v) is 7.81. The highest BCUT2D eigenvalue weighted by Crippen LogP contribution is 2.34. The van der Waals surface area contributed by atoms with Gasteiger partial charge in [-0.1, -0.05) is 18.2 Å². The second kappa shape index (κ2) is 6.69. The fourth-order valence-electron chi connectivity index (χ4n) is 2.80. The Morgan fingerprint density at radius 1 is 1.30 bits per heavy atom. The van der Waals surface area contributed by atoms with Gasteiger partial charge in [-0.3, -0.25) is 4.98 Å². The van der Waals surface area contributed by atoms with Crippen molar-refractivity contribution in [2.24, 2.45) is 0 Å². The Labute approximate surface area is 136 Å². The van der Waals surface area contributed by atoms with Crippen LogP contribution in [0.5, 0.6) is 5.75 Å². The molecular formula is C18H21N3O2. The Bertz CT molecular complexity index is 715. The molecule has 2 aromatic rings. The van der Waals surface area contributed by atoms with Crippen molar-refractivity contribution in [1.29, 1.82) is 0 Å². The van der Waals surface area contributed by atoms with Crippen molar-refractivity contribution in [1.82, 2.24) is 15.6 Å². The summed E-state index contributed by atoms with van der Waals surface area (Å²) in [6, 6.07) is 7.77. The monoisotopic (exact) mass is 311 g/mol. The minimum Gasteiger partial charge on any atom is -0.493 e. The standard InChI is InChI=1S/C18H21N3O2/c1-12-6-8-19-10-14(12)11-20-18(22)21-16-7-9-23-17-13(2)4-3-5-15(16)17/h3-6,8,10,16H,7,9,11H2,1-2H3,(H2,20,21,22)/t16-/m1/s1. The van der Waals surface area contributed by atoms with E-state index >= 15 is 0 Å². The Hall–Kier alpha value is -2.56. The Morgan fingerprint density at radius 2 is 2.17 bits per heavy atom. The number of ether oxygens (including phenoxy) is 1. The van der Waals surface area contributed by atoms with Gasteiger partial charge in [-0.05, 0) is 36.6 Å². The van der Waals surface area contributed by atoms with E-state index in [1.165, 1.54) is 0 Å². The van der Waals surface area contributed by atoms with E-state index in [1.54, 1.807) is 12.4 Å². The number of aryl methyl sites for hydroxylation is 2. The van der Waals surface area contributed by atoms with Crippen molar-refractivity contribution in [3.05, 3.63) is 58.9 Å². The smallest absolute Gasteiger partial charge is 0.315 e. The summed E-state index contributed by atoms with van der Waals surface area (Å²) in [5.74, 6) is 0.896. The molecule has 1 aliphatic heterocycles. The van der Waals surface area contributed by atoms with E-state index in [0.717, 1.165) is 34.4 Å². The normalized spacial score (nSPS) is 16.2. The van der Waals surface area contributed by atoms with Gasteiger partial charge in [0.25, 0.3) is 0 Å². The van der Waals surface area contributed by atoms with Gasteiger partial charge in [0.05, 0.1) is 12.6 Å². The first kappa shape index (κ1) is 15.3. The minimum absolute atomic E-state index is 0.0198. The highest BCUT2D eigenvalue weighted by Gasteiger charge is 2.23. The second-order valence-electron chi connectivity index (χ2n) is 5.81. The minimum atomic E-state index is -0.174. The number of nitrogens with one attached hydrogen (secondary N) is 2. The molecule has 23 heavy (non-hydrogen) atoms. The largest absolute Gasteiger partial charge is 0.493 e. The molecule has 1 aliphatic rings. The van der Waals surface area contributed by atoms with Gasteiger partial charge in [-0.2, -0.15) is 0 Å². The zero-order valence-electron chi connectivity index (χ0n) is 13.4. The molecule has 3 rings (SSSR count). The fraction of sp³-hybridized carbons (Fsp3) is 0.333. The number of aromatic nitrogens is 1. The maximum absolute atomic E-state index is 12.2.